The van der Waals surface area contributed by atoms with Crippen molar-refractivity contribution in [1.82, 2.24) is 20.4 Å². The zero-order chi connectivity index (χ0) is 44.8. The van der Waals surface area contributed by atoms with Gasteiger partial charge in [-0.25, -0.2) is 14.4 Å². The lowest BCUT2D eigenvalue weighted by molar-refractivity contribution is -0.158. The van der Waals surface area contributed by atoms with Crippen molar-refractivity contribution in [1.29, 1.82) is 0 Å². The zero-order valence-corrected chi connectivity index (χ0v) is 36.6. The molecule has 61 heavy (non-hydrogen) atoms. The molecule has 4 aliphatic rings. The van der Waals surface area contributed by atoms with Gasteiger partial charge >= 0.3 is 18.1 Å². The lowest BCUT2D eigenvalue weighted by Crippen LogP contribution is -2.63. The largest absolute Gasteiger partial charge is 0.496 e. The zero-order valence-electron chi connectivity index (χ0n) is 36.6. The molecular weight excluding hydrogens is 791 g/mol. The quantitative estimate of drug-likeness (QED) is 0.119. The minimum atomic E-state index is -1.84. The fourth-order valence-electron chi connectivity index (χ4n) is 8.16. The van der Waals surface area contributed by atoms with E-state index < -0.39 is 65.8 Å². The summed E-state index contributed by atoms with van der Waals surface area (Å²) in [5, 5.41) is 17.1. The molecule has 6 amide bonds. The maximum absolute atomic E-state index is 14.3. The molecule has 17 nitrogen and oxygen atoms in total. The summed E-state index contributed by atoms with van der Waals surface area (Å²) in [6.07, 6.45) is 6.28. The van der Waals surface area contributed by atoms with Crippen molar-refractivity contribution in [3.63, 3.8) is 0 Å². The molecule has 5 rings (SSSR count). The average molecular weight is 852 g/mol. The molecule has 2 saturated heterocycles. The van der Waals surface area contributed by atoms with Crippen molar-refractivity contribution in [2.24, 2.45) is 5.92 Å². The molecule has 0 aliphatic carbocycles. The molecule has 4 heterocycles. The Bertz CT molecular complexity index is 1930. The number of epoxide rings is 1. The van der Waals surface area contributed by atoms with Crippen LogP contribution in [0.5, 0.6) is 5.75 Å². The van der Waals surface area contributed by atoms with Gasteiger partial charge in [-0.3, -0.25) is 24.6 Å². The van der Waals surface area contributed by atoms with Crippen LogP contribution in [-0.2, 0) is 44.5 Å². The predicted octanol–water partition coefficient (Wildman–Crippen LogP) is 3.84. The summed E-state index contributed by atoms with van der Waals surface area (Å²) >= 11 is 0. The van der Waals surface area contributed by atoms with Gasteiger partial charge in [0.1, 0.15) is 35.7 Å². The Morgan fingerprint density at radius 3 is 2.44 bits per heavy atom. The first kappa shape index (κ1) is 46.8. The highest BCUT2D eigenvalue weighted by Gasteiger charge is 2.64. The fraction of sp³-hybridized carbons (Fsp3) is 0.591. The van der Waals surface area contributed by atoms with Crippen LogP contribution in [0.15, 0.2) is 48.1 Å². The summed E-state index contributed by atoms with van der Waals surface area (Å²) in [5.41, 5.74) is 0.0875. The number of rotatable bonds is 12. The van der Waals surface area contributed by atoms with Gasteiger partial charge in [0.15, 0.2) is 5.72 Å². The first-order valence-electron chi connectivity index (χ1n) is 20.8. The molecule has 0 spiro atoms. The Labute approximate surface area is 357 Å². The number of hydrogen-bond donors (Lipinski definition) is 3. The minimum Gasteiger partial charge on any atom is -0.496 e. The molecule has 3 N–H and O–H groups in total. The fourth-order valence-corrected chi connectivity index (χ4v) is 8.16. The van der Waals surface area contributed by atoms with E-state index in [1.807, 2.05) is 32.1 Å². The second-order valence-corrected chi connectivity index (χ2v) is 16.6. The molecule has 2 fully saturated rings. The van der Waals surface area contributed by atoms with E-state index in [9.17, 15) is 33.9 Å². The summed E-state index contributed by atoms with van der Waals surface area (Å²) < 4.78 is 29.5. The number of hydrogen-bond acceptors (Lipinski definition) is 12. The number of aliphatic hydroxyl groups is 1. The third-order valence-electron chi connectivity index (χ3n) is 12.2. The number of amides is 6. The van der Waals surface area contributed by atoms with Gasteiger partial charge in [0.25, 0.3) is 11.8 Å². The number of imide groups is 1. The number of methoxy groups -OCH3 is 2. The van der Waals surface area contributed by atoms with Crippen molar-refractivity contribution >= 4 is 41.5 Å². The van der Waals surface area contributed by atoms with Gasteiger partial charge in [-0.05, 0) is 64.7 Å². The number of fused-ring (bicyclic) bond motifs is 5. The molecule has 4 bridgehead atoms. The molecular formula is C44H61N5O12. The smallest absolute Gasteiger partial charge is 0.409 e. The van der Waals surface area contributed by atoms with E-state index in [0.29, 0.717) is 43.8 Å². The predicted molar refractivity (Wildman–Crippen MR) is 223 cm³/mol. The normalized spacial score (nSPS) is 29.7. The maximum Gasteiger partial charge on any atom is 0.409 e. The Hall–Kier alpha value is -5.26. The molecule has 1 aromatic carbocycles. The number of nitrogens with zero attached hydrogens (tertiary/aromatic N) is 3. The summed E-state index contributed by atoms with van der Waals surface area (Å²) in [5.74, 6) is -1.72. The molecule has 0 radical (unpaired) electrons. The highest BCUT2D eigenvalue weighted by atomic mass is 16.7. The van der Waals surface area contributed by atoms with E-state index in [0.717, 1.165) is 29.5 Å². The SMILES string of the molecule is COc1cc2cc(c1C)N(C)C(=O)CC(OC(=O)[C@H](C)N(C)C(=O)NCCCCCCN1C(=O)C=CC1=O)C1(C)OC1C(C)C1CC(O)(NC(=O)O1)C(OC)/C=C/C=C(\C)C2. The number of carbonyl (C=O) groups excluding carboxylic acids is 6. The number of allylic oxidation sites excluding steroid dienone is 3. The van der Waals surface area contributed by atoms with Gasteiger partial charge in [-0.2, -0.15) is 0 Å². The van der Waals surface area contributed by atoms with Crippen LogP contribution in [0.1, 0.15) is 77.3 Å². The van der Waals surface area contributed by atoms with Gasteiger partial charge in [-0.1, -0.05) is 43.6 Å². The number of anilines is 1. The van der Waals surface area contributed by atoms with Gasteiger partial charge in [0, 0.05) is 64.3 Å². The number of urea groups is 1. The number of alkyl carbamates (subject to hydrolysis) is 1. The average Bonchev–Trinajstić information content (AvgIpc) is 3.82. The molecule has 0 aromatic heterocycles. The first-order chi connectivity index (χ1) is 28.8. The molecule has 8 atom stereocenters. The number of ether oxygens (including phenoxy) is 5. The maximum atomic E-state index is 14.3. The summed E-state index contributed by atoms with van der Waals surface area (Å²) in [6.45, 7) is 9.52. The van der Waals surface area contributed by atoms with E-state index in [2.05, 4.69) is 10.6 Å². The van der Waals surface area contributed by atoms with Crippen molar-refractivity contribution in [3.8, 4) is 5.75 Å². The highest BCUT2D eigenvalue weighted by Crippen LogP contribution is 2.49. The van der Waals surface area contributed by atoms with E-state index in [-0.39, 0.29) is 30.6 Å². The third-order valence-corrected chi connectivity index (χ3v) is 12.2. The number of esters is 1. The van der Waals surface area contributed by atoms with Crippen LogP contribution in [0.3, 0.4) is 0 Å². The standard InChI is InChI=1S/C44H61N5O12/c1-26-15-14-16-34(58-9)44(56)25-33(59-42(55)46-44)28(3)39-43(5,61-39)35(24-38(52)48(7)31-22-30(21-26)23-32(57-8)27(31)2)60-40(53)29(4)47(6)41(54)45-19-12-10-11-13-20-49-36(50)17-18-37(49)51/h14-18,22-23,28-29,33-35,39,56H,10-13,19-21,24-25H2,1-9H3,(H,45,54)(H,46,55)/b16-14+,26-15+/t28?,29-,33?,34?,35?,39?,43?,44?/m0/s1. The lowest BCUT2D eigenvalue weighted by atomic mass is 9.83. The summed E-state index contributed by atoms with van der Waals surface area (Å²) in [4.78, 5) is 81.7. The van der Waals surface area contributed by atoms with E-state index >= 15 is 0 Å². The first-order valence-corrected chi connectivity index (χ1v) is 20.8. The van der Waals surface area contributed by atoms with Crippen LogP contribution in [0.4, 0.5) is 15.3 Å². The number of nitrogens with one attached hydrogen (secondary N) is 2. The highest BCUT2D eigenvalue weighted by molar-refractivity contribution is 6.12. The van der Waals surface area contributed by atoms with Crippen molar-refractivity contribution in [2.45, 2.75) is 121 Å². The molecule has 7 unspecified atom stereocenters. The van der Waals surface area contributed by atoms with Crippen molar-refractivity contribution in [3.05, 3.63) is 59.2 Å². The van der Waals surface area contributed by atoms with Crippen molar-refractivity contribution in [2.75, 3.05) is 46.3 Å². The second kappa shape index (κ2) is 19.6. The van der Waals surface area contributed by atoms with Gasteiger partial charge in [-0.15, -0.1) is 0 Å². The molecule has 0 saturated carbocycles. The van der Waals surface area contributed by atoms with Crippen LogP contribution >= 0.6 is 0 Å². The van der Waals surface area contributed by atoms with Crippen LogP contribution in [-0.4, -0.2) is 134 Å². The molecule has 1 aromatic rings. The van der Waals surface area contributed by atoms with E-state index in [1.54, 1.807) is 40.2 Å². The Kier molecular flexibility index (Phi) is 15.1. The molecule has 4 aliphatic heterocycles. The lowest BCUT2D eigenvalue weighted by Gasteiger charge is -2.42. The van der Waals surface area contributed by atoms with Crippen molar-refractivity contribution < 1.29 is 57.6 Å². The summed E-state index contributed by atoms with van der Waals surface area (Å²) in [7, 11) is 6.11. The Morgan fingerprint density at radius 1 is 1.08 bits per heavy atom. The number of benzene rings is 1. The Balaban J connectivity index is 1.33. The molecule has 334 valence electrons. The third kappa shape index (κ3) is 10.8. The molecule has 17 heteroatoms. The topological polar surface area (TPSA) is 206 Å². The minimum absolute atomic E-state index is 0.0618. The Morgan fingerprint density at radius 2 is 1.77 bits per heavy atom. The van der Waals surface area contributed by atoms with Gasteiger partial charge in [0.2, 0.25) is 5.91 Å². The summed E-state index contributed by atoms with van der Waals surface area (Å²) in [6, 6.07) is 2.26. The number of unbranched alkanes of at least 4 members (excludes halogenated alkanes) is 3. The monoisotopic (exact) mass is 851 g/mol. The number of carbonyl (C=O) groups is 6. The van der Waals surface area contributed by atoms with Gasteiger partial charge in [0.05, 0.1) is 25.3 Å². The van der Waals surface area contributed by atoms with Crippen LogP contribution < -0.4 is 20.3 Å². The number of likely N-dealkylation sites (N-methyl/N-ethyl adjacent to an activating group) is 1. The van der Waals surface area contributed by atoms with Crippen LogP contribution in [0.25, 0.3) is 0 Å². The van der Waals surface area contributed by atoms with E-state index in [1.165, 1.54) is 47.9 Å². The van der Waals surface area contributed by atoms with E-state index in [4.69, 9.17) is 23.7 Å². The van der Waals surface area contributed by atoms with Crippen LogP contribution in [0, 0.1) is 12.8 Å². The second-order valence-electron chi connectivity index (χ2n) is 16.6. The van der Waals surface area contributed by atoms with Gasteiger partial charge < -0.3 is 43.9 Å². The van der Waals surface area contributed by atoms with Crippen LogP contribution in [0.2, 0.25) is 0 Å².